The number of methoxy groups -OCH3 is 1. The van der Waals surface area contributed by atoms with Crippen LogP contribution in [0.1, 0.15) is 34.1 Å². The van der Waals surface area contributed by atoms with Crippen LogP contribution in [0.2, 0.25) is 0 Å². The van der Waals surface area contributed by atoms with E-state index >= 15 is 0 Å². The molecule has 0 aliphatic carbocycles. The average molecular weight is 423 g/mol. The van der Waals surface area contributed by atoms with Crippen LogP contribution < -0.4 is 14.8 Å². The number of carboxylic acid groups (broad SMARTS) is 1. The third-order valence-corrected chi connectivity index (χ3v) is 7.09. The Balaban J connectivity index is 1.75. The number of carboxylic acids is 1. The first-order chi connectivity index (χ1) is 13.6. The molecule has 8 nitrogen and oxygen atoms in total. The molecule has 9 heteroatoms. The van der Waals surface area contributed by atoms with Gasteiger partial charge in [0.15, 0.2) is 17.1 Å². The number of nitrogens with zero attached hydrogens (tertiary/aromatic N) is 1. The van der Waals surface area contributed by atoms with Gasteiger partial charge < -0.3 is 24.8 Å². The van der Waals surface area contributed by atoms with Gasteiger partial charge in [0.1, 0.15) is 17.5 Å². The van der Waals surface area contributed by atoms with Gasteiger partial charge in [0.05, 0.1) is 7.11 Å². The van der Waals surface area contributed by atoms with E-state index in [0.29, 0.717) is 17.9 Å². The molecule has 29 heavy (non-hydrogen) atoms. The van der Waals surface area contributed by atoms with Crippen LogP contribution in [-0.4, -0.2) is 62.7 Å². The zero-order valence-electron chi connectivity index (χ0n) is 17.1. The normalized spacial score (nSPS) is 26.7. The number of nitrogens with one attached hydrogen (secondary N) is 1. The lowest BCUT2D eigenvalue weighted by Crippen LogP contribution is -2.72. The number of ether oxygens (including phenoxy) is 2. The van der Waals surface area contributed by atoms with Gasteiger partial charge in [-0.1, -0.05) is 19.1 Å². The molecular weight excluding hydrogens is 396 g/mol. The molecule has 0 saturated carbocycles. The van der Waals surface area contributed by atoms with Gasteiger partial charge in [-0.3, -0.25) is 9.59 Å². The fraction of sp³-hybridized carbons (Fsp3) is 0.550. The Morgan fingerprint density at radius 3 is 2.48 bits per heavy atom. The lowest BCUT2D eigenvalue weighted by molar-refractivity contribution is -0.162. The van der Waals surface area contributed by atoms with Crippen LogP contribution in [0.4, 0.5) is 0 Å². The van der Waals surface area contributed by atoms with Crippen LogP contribution in [0, 0.1) is 0 Å². The summed E-state index contributed by atoms with van der Waals surface area (Å²) in [6, 6.07) is 5.34. The van der Waals surface area contributed by atoms with Crippen molar-refractivity contribution in [3.05, 3.63) is 24.3 Å². The molecular formula is C20H26N2O6S. The number of aliphatic carboxylic acids is 1. The van der Waals surface area contributed by atoms with E-state index in [1.807, 2.05) is 6.92 Å². The second kappa shape index (κ2) is 7.44. The van der Waals surface area contributed by atoms with E-state index in [2.05, 4.69) is 5.32 Å². The Morgan fingerprint density at radius 1 is 1.31 bits per heavy atom. The van der Waals surface area contributed by atoms with Gasteiger partial charge in [0.25, 0.3) is 5.91 Å². The summed E-state index contributed by atoms with van der Waals surface area (Å²) in [4.78, 5) is 38.6. The molecule has 4 atom stereocenters. The Bertz CT molecular complexity index is 844. The molecule has 2 heterocycles. The fourth-order valence-electron chi connectivity index (χ4n) is 3.66. The van der Waals surface area contributed by atoms with Crippen molar-refractivity contribution in [1.82, 2.24) is 10.2 Å². The second-order valence-electron chi connectivity index (χ2n) is 7.89. The number of fused-ring (bicyclic) bond motifs is 1. The Hall–Kier alpha value is -2.42. The molecule has 2 saturated heterocycles. The minimum atomic E-state index is -1.22. The molecule has 158 valence electrons. The van der Waals surface area contributed by atoms with E-state index in [4.69, 9.17) is 9.47 Å². The van der Waals surface area contributed by atoms with E-state index in [1.165, 1.54) is 23.8 Å². The summed E-state index contributed by atoms with van der Waals surface area (Å²) in [7, 11) is 1.52. The van der Waals surface area contributed by atoms with Crippen LogP contribution in [0.3, 0.4) is 0 Å². The second-order valence-corrected chi connectivity index (χ2v) is 9.66. The predicted molar refractivity (Wildman–Crippen MR) is 108 cm³/mol. The number of amides is 2. The quantitative estimate of drug-likeness (QED) is 0.646. The molecule has 1 unspecified atom stereocenters. The number of benzene rings is 1. The molecule has 1 aromatic carbocycles. The summed E-state index contributed by atoms with van der Waals surface area (Å²) in [5.41, 5.74) is -1.22. The highest BCUT2D eigenvalue weighted by molar-refractivity contribution is 8.01. The van der Waals surface area contributed by atoms with Crippen molar-refractivity contribution < 1.29 is 29.0 Å². The standard InChI is InChI=1S/C20H26N2O6S/c1-6-20(4,28-12-10-8-7-9-11(12)27-5)18(26)21-13-15(23)22-14(17(24)25)19(2,3)29-16(13)22/h7-10,13-14,16H,6H2,1-5H3,(H,21,26)(H,24,25)/t13-,14+,16-,20?/m1/s1. The molecule has 0 bridgehead atoms. The number of rotatable bonds is 7. The highest BCUT2D eigenvalue weighted by Gasteiger charge is 2.64. The van der Waals surface area contributed by atoms with Crippen molar-refractivity contribution >= 4 is 29.5 Å². The van der Waals surface area contributed by atoms with Crippen molar-refractivity contribution in [3.63, 3.8) is 0 Å². The van der Waals surface area contributed by atoms with Crippen LogP contribution in [0.5, 0.6) is 11.5 Å². The lowest BCUT2D eigenvalue weighted by atomic mass is 9.95. The Morgan fingerprint density at radius 2 is 1.93 bits per heavy atom. The van der Waals surface area contributed by atoms with Crippen LogP contribution in [0.15, 0.2) is 24.3 Å². The maximum Gasteiger partial charge on any atom is 0.327 e. The summed E-state index contributed by atoms with van der Waals surface area (Å²) in [6.07, 6.45) is 0.364. The molecule has 2 N–H and O–H groups in total. The molecule has 2 aliphatic heterocycles. The number of carbonyl (C=O) groups excluding carboxylic acids is 2. The zero-order chi connectivity index (χ0) is 21.6. The van der Waals surface area contributed by atoms with Gasteiger partial charge in [0.2, 0.25) is 5.91 Å². The van der Waals surface area contributed by atoms with Crippen molar-refractivity contribution in [1.29, 1.82) is 0 Å². The van der Waals surface area contributed by atoms with Crippen LogP contribution in [0.25, 0.3) is 0 Å². The van der Waals surface area contributed by atoms with Gasteiger partial charge >= 0.3 is 5.97 Å². The molecule has 3 rings (SSSR count). The monoisotopic (exact) mass is 422 g/mol. The number of β-lactam (4-membered cyclic amide) rings is 1. The van der Waals surface area contributed by atoms with Gasteiger partial charge in [-0.15, -0.1) is 11.8 Å². The first-order valence-electron chi connectivity index (χ1n) is 9.41. The summed E-state index contributed by atoms with van der Waals surface area (Å²) in [5, 5.41) is 11.9. The van der Waals surface area contributed by atoms with Gasteiger partial charge in [-0.2, -0.15) is 0 Å². The Kier molecular flexibility index (Phi) is 5.46. The number of carbonyl (C=O) groups is 3. The van der Waals surface area contributed by atoms with Crippen molar-refractivity contribution in [2.24, 2.45) is 0 Å². The largest absolute Gasteiger partial charge is 0.493 e. The molecule has 0 aromatic heterocycles. The third-order valence-electron chi connectivity index (χ3n) is 5.52. The van der Waals surface area contributed by atoms with E-state index in [0.717, 1.165) is 0 Å². The first kappa shape index (κ1) is 21.3. The predicted octanol–water partition coefficient (Wildman–Crippen LogP) is 1.87. The zero-order valence-corrected chi connectivity index (χ0v) is 17.9. The average Bonchev–Trinajstić information content (AvgIpc) is 2.94. The lowest BCUT2D eigenvalue weighted by Gasteiger charge is -2.44. The fourth-order valence-corrected chi connectivity index (χ4v) is 5.29. The number of hydrogen-bond donors (Lipinski definition) is 2. The summed E-state index contributed by atoms with van der Waals surface area (Å²) < 4.78 is 10.6. The van der Waals surface area contributed by atoms with Crippen molar-refractivity contribution in [3.8, 4) is 11.5 Å². The molecule has 2 fully saturated rings. The number of hydrogen-bond acceptors (Lipinski definition) is 6. The van der Waals surface area contributed by atoms with Gasteiger partial charge in [0, 0.05) is 4.75 Å². The molecule has 0 spiro atoms. The summed E-state index contributed by atoms with van der Waals surface area (Å²) in [5.74, 6) is -0.923. The van der Waals surface area contributed by atoms with Gasteiger partial charge in [-0.25, -0.2) is 4.79 Å². The number of thioether (sulfide) groups is 1. The van der Waals surface area contributed by atoms with Crippen molar-refractivity contribution in [2.75, 3.05) is 7.11 Å². The highest BCUT2D eigenvalue weighted by Crippen LogP contribution is 2.50. The maximum absolute atomic E-state index is 13.0. The smallest absolute Gasteiger partial charge is 0.327 e. The molecule has 2 aliphatic rings. The minimum Gasteiger partial charge on any atom is -0.493 e. The molecule has 1 aromatic rings. The summed E-state index contributed by atoms with van der Waals surface area (Å²) in [6.45, 7) is 7.06. The van der Waals surface area contributed by atoms with E-state index in [9.17, 15) is 19.5 Å². The maximum atomic E-state index is 13.0. The van der Waals surface area contributed by atoms with E-state index < -0.39 is 39.7 Å². The third kappa shape index (κ3) is 3.52. The highest BCUT2D eigenvalue weighted by atomic mass is 32.2. The van der Waals surface area contributed by atoms with Crippen molar-refractivity contribution in [2.45, 2.75) is 61.9 Å². The van der Waals surface area contributed by atoms with Crippen LogP contribution in [-0.2, 0) is 14.4 Å². The molecule has 0 radical (unpaired) electrons. The first-order valence-corrected chi connectivity index (χ1v) is 10.3. The van der Waals surface area contributed by atoms with E-state index in [-0.39, 0.29) is 5.91 Å². The van der Waals surface area contributed by atoms with E-state index in [1.54, 1.807) is 45.0 Å². The topological polar surface area (TPSA) is 105 Å². The Labute approximate surface area is 173 Å². The van der Waals surface area contributed by atoms with Gasteiger partial charge in [-0.05, 0) is 39.3 Å². The summed E-state index contributed by atoms with van der Waals surface area (Å²) >= 11 is 1.38. The van der Waals surface area contributed by atoms with Crippen LogP contribution >= 0.6 is 11.8 Å². The number of para-hydroxylation sites is 2. The SMILES string of the molecule is CCC(C)(Oc1ccccc1OC)C(=O)N[C@@H]1C(=O)N2[C@@H]1SC(C)(C)[C@@H]2C(=O)O. The molecule has 2 amide bonds. The minimum absolute atomic E-state index is 0.364.